The molecule has 0 radical (unpaired) electrons. The molecule has 1 atom stereocenters. The van der Waals surface area contributed by atoms with E-state index in [-0.39, 0.29) is 11.3 Å². The van der Waals surface area contributed by atoms with Crippen LogP contribution in [0, 0.1) is 11.6 Å². The number of H-pyrrole nitrogens is 1. The van der Waals surface area contributed by atoms with E-state index in [0.717, 1.165) is 24.1 Å². The predicted molar refractivity (Wildman–Crippen MR) is 116 cm³/mol. The van der Waals surface area contributed by atoms with Crippen LogP contribution in [0.5, 0.6) is 5.75 Å². The number of ether oxygens (including phenoxy) is 3. The number of methoxy groups -OCH3 is 2. The number of hydrogen-bond acceptors (Lipinski definition) is 5. The van der Waals surface area contributed by atoms with E-state index in [0.29, 0.717) is 35.6 Å². The molecule has 0 saturated heterocycles. The first-order valence-corrected chi connectivity index (χ1v) is 10.7. The predicted octanol–water partition coefficient (Wildman–Crippen LogP) is 4.15. The number of aromatic amines is 1. The molecule has 6 nitrogen and oxygen atoms in total. The summed E-state index contributed by atoms with van der Waals surface area (Å²) in [6.07, 6.45) is 3.24. The van der Waals surface area contributed by atoms with E-state index in [1.165, 1.54) is 19.2 Å². The largest absolute Gasteiger partial charge is 0.490 e. The molecule has 0 saturated carbocycles. The summed E-state index contributed by atoms with van der Waals surface area (Å²) >= 11 is 0.861. The zero-order chi connectivity index (χ0) is 21.5. The summed E-state index contributed by atoms with van der Waals surface area (Å²) in [7, 11) is 3.01. The van der Waals surface area contributed by atoms with Gasteiger partial charge in [0.1, 0.15) is 41.4 Å². The summed E-state index contributed by atoms with van der Waals surface area (Å²) in [6, 6.07) is 4.43. The minimum absolute atomic E-state index is 0.152. The summed E-state index contributed by atoms with van der Waals surface area (Å²) in [5.41, 5.74) is 1.23. The molecule has 0 amide bonds. The summed E-state index contributed by atoms with van der Waals surface area (Å²) in [5, 5.41) is 0.665. The van der Waals surface area contributed by atoms with Gasteiger partial charge in [0.05, 0.1) is 30.3 Å². The second kappa shape index (κ2) is 10.6. The van der Waals surface area contributed by atoms with Crippen molar-refractivity contribution in [2.24, 2.45) is 0 Å². The first kappa shape index (κ1) is 22.3. The van der Waals surface area contributed by atoms with E-state index in [1.807, 2.05) is 6.92 Å². The lowest BCUT2D eigenvalue weighted by atomic mass is 9.99. The van der Waals surface area contributed by atoms with Gasteiger partial charge in [0.25, 0.3) is 0 Å². The summed E-state index contributed by atoms with van der Waals surface area (Å²) in [6.45, 7) is 2.85. The van der Waals surface area contributed by atoms with Gasteiger partial charge in [-0.1, -0.05) is 6.92 Å². The second-order valence-corrected chi connectivity index (χ2v) is 7.57. The zero-order valence-corrected chi connectivity index (χ0v) is 18.1. The average Bonchev–Trinajstić information content (AvgIpc) is 3.16. The Hall–Kier alpha value is -2.36. The summed E-state index contributed by atoms with van der Waals surface area (Å²) < 4.78 is 49.1. The van der Waals surface area contributed by atoms with Crippen LogP contribution < -0.4 is 9.46 Å². The van der Waals surface area contributed by atoms with Crippen LogP contribution in [-0.2, 0) is 21.4 Å². The standard InChI is InChI=1S/C21H25F2N3O3S/c1-4-9-30-26-17-6-5-16(22)18(19(17)23)20(28-3)15-12-25-21-14(15)10-13(11-24-21)29-8-7-27-2/h5-6,10-12,20,26H,4,7-9H2,1-3H3,(H,24,25)/p+1. The number of hydrogen-bond donors (Lipinski definition) is 2. The third kappa shape index (κ3) is 4.85. The lowest BCUT2D eigenvalue weighted by Gasteiger charge is -2.18. The van der Waals surface area contributed by atoms with Crippen molar-refractivity contribution in [3.8, 4) is 5.75 Å². The van der Waals surface area contributed by atoms with E-state index in [4.69, 9.17) is 14.2 Å². The maximum atomic E-state index is 15.2. The van der Waals surface area contributed by atoms with Crippen molar-refractivity contribution in [3.05, 3.63) is 53.4 Å². The van der Waals surface area contributed by atoms with Crippen LogP contribution in [0.25, 0.3) is 11.0 Å². The Kier molecular flexibility index (Phi) is 7.89. The number of nitrogens with zero attached hydrogens (tertiary/aromatic N) is 1. The molecule has 0 spiro atoms. The summed E-state index contributed by atoms with van der Waals surface area (Å²) in [4.78, 5) is 7.35. The van der Waals surface area contributed by atoms with Gasteiger partial charge in [-0.3, -0.25) is 0 Å². The number of halogens is 2. The molecule has 9 heteroatoms. The third-order valence-corrected chi connectivity index (χ3v) is 5.61. The minimum Gasteiger partial charge on any atom is -0.490 e. The first-order valence-electron chi connectivity index (χ1n) is 9.62. The molecule has 2 heterocycles. The number of anilines is 1. The molecule has 1 unspecified atom stereocenters. The fourth-order valence-electron chi connectivity index (χ4n) is 3.09. The number of rotatable bonds is 11. The number of pyridine rings is 1. The molecule has 3 rings (SSSR count). The van der Waals surface area contributed by atoms with Crippen LogP contribution in [0.4, 0.5) is 14.5 Å². The first-order chi connectivity index (χ1) is 14.6. The lowest BCUT2D eigenvalue weighted by molar-refractivity contribution is 0.130. The van der Waals surface area contributed by atoms with E-state index < -0.39 is 17.7 Å². The number of fused-ring (bicyclic) bond motifs is 1. The van der Waals surface area contributed by atoms with E-state index in [9.17, 15) is 4.39 Å². The highest BCUT2D eigenvalue weighted by atomic mass is 32.2. The number of benzene rings is 1. The SMILES string of the molecule is CCC[SH+]Nc1ccc(F)c(C(OC)c2c[nH]c3ncc(OCCOC)cc23)c1F. The molecule has 0 aliphatic carbocycles. The van der Waals surface area contributed by atoms with Gasteiger partial charge in [0.2, 0.25) is 0 Å². The molecule has 0 fully saturated rings. The lowest BCUT2D eigenvalue weighted by Crippen LogP contribution is -2.11. The molecule has 0 aliphatic heterocycles. The maximum absolute atomic E-state index is 15.2. The molecule has 3 aromatic rings. The highest BCUT2D eigenvalue weighted by Crippen LogP contribution is 2.36. The van der Waals surface area contributed by atoms with Crippen LogP contribution >= 0.6 is 0 Å². The normalized spacial score (nSPS) is 12.3. The quantitative estimate of drug-likeness (QED) is 0.267. The molecule has 162 valence electrons. The number of nitrogens with one attached hydrogen (secondary N) is 2. The van der Waals surface area contributed by atoms with Crippen LogP contribution in [0.3, 0.4) is 0 Å². The van der Waals surface area contributed by atoms with Crippen molar-refractivity contribution in [1.29, 1.82) is 0 Å². The van der Waals surface area contributed by atoms with Crippen molar-refractivity contribution in [1.82, 2.24) is 9.97 Å². The van der Waals surface area contributed by atoms with Gasteiger partial charge in [-0.2, -0.15) is 0 Å². The maximum Gasteiger partial charge on any atom is 0.159 e. The van der Waals surface area contributed by atoms with Crippen molar-refractivity contribution < 1.29 is 23.0 Å². The van der Waals surface area contributed by atoms with Gasteiger partial charge in [-0.15, -0.1) is 0 Å². The molecule has 2 aromatic heterocycles. The van der Waals surface area contributed by atoms with Crippen LogP contribution in [0.15, 0.2) is 30.6 Å². The minimum atomic E-state index is -0.959. The van der Waals surface area contributed by atoms with E-state index in [2.05, 4.69) is 14.7 Å². The van der Waals surface area contributed by atoms with Crippen LogP contribution in [0.1, 0.15) is 30.6 Å². The molecule has 1 aromatic carbocycles. The molecular weight excluding hydrogens is 412 g/mol. The second-order valence-electron chi connectivity index (χ2n) is 6.58. The smallest absolute Gasteiger partial charge is 0.159 e. The van der Waals surface area contributed by atoms with Gasteiger partial charge in [-0.25, -0.2) is 18.5 Å². The van der Waals surface area contributed by atoms with Crippen molar-refractivity contribution >= 4 is 28.7 Å². The third-order valence-electron chi connectivity index (χ3n) is 4.54. The Morgan fingerprint density at radius 2 is 2.07 bits per heavy atom. The van der Waals surface area contributed by atoms with Crippen LogP contribution in [-0.4, -0.2) is 43.2 Å². The van der Waals surface area contributed by atoms with Gasteiger partial charge < -0.3 is 19.2 Å². The Morgan fingerprint density at radius 3 is 2.80 bits per heavy atom. The molecule has 2 N–H and O–H groups in total. The molecule has 0 bridgehead atoms. The Morgan fingerprint density at radius 1 is 1.23 bits per heavy atom. The fourth-order valence-corrected chi connectivity index (χ4v) is 3.77. The number of thiol groups is 1. The Balaban J connectivity index is 1.98. The highest BCUT2D eigenvalue weighted by molar-refractivity contribution is 7.79. The van der Waals surface area contributed by atoms with Gasteiger partial charge in [-0.05, 0) is 24.6 Å². The zero-order valence-electron chi connectivity index (χ0n) is 17.2. The molecule has 30 heavy (non-hydrogen) atoms. The molecule has 0 aliphatic rings. The van der Waals surface area contributed by atoms with E-state index in [1.54, 1.807) is 25.6 Å². The van der Waals surface area contributed by atoms with Gasteiger partial charge >= 0.3 is 0 Å². The van der Waals surface area contributed by atoms with Gasteiger partial charge in [0, 0.05) is 31.4 Å². The highest BCUT2D eigenvalue weighted by Gasteiger charge is 2.27. The summed E-state index contributed by atoms with van der Waals surface area (Å²) in [5.74, 6) is 0.0527. The average molecular weight is 439 g/mol. The van der Waals surface area contributed by atoms with Crippen molar-refractivity contribution in [2.45, 2.75) is 19.4 Å². The Labute approximate surface area is 178 Å². The van der Waals surface area contributed by atoms with Crippen LogP contribution in [0.2, 0.25) is 0 Å². The topological polar surface area (TPSA) is 68.4 Å². The number of aromatic nitrogens is 2. The Bertz CT molecular complexity index is 984. The van der Waals surface area contributed by atoms with Gasteiger partial charge in [0.15, 0.2) is 5.82 Å². The van der Waals surface area contributed by atoms with Crippen molar-refractivity contribution in [2.75, 3.05) is 37.9 Å². The fraction of sp³-hybridized carbons (Fsp3) is 0.381. The van der Waals surface area contributed by atoms with Crippen molar-refractivity contribution in [3.63, 3.8) is 0 Å². The van der Waals surface area contributed by atoms with E-state index >= 15 is 4.39 Å². The molecular formula is C21H26F2N3O3S+. The monoisotopic (exact) mass is 438 g/mol.